The van der Waals surface area contributed by atoms with E-state index in [1.807, 2.05) is 69.2 Å². The van der Waals surface area contributed by atoms with E-state index in [9.17, 15) is 19.6 Å². The molecular formula is C33H51N3O7. The molecule has 4 rings (SSSR count). The molecule has 43 heavy (non-hydrogen) atoms. The molecule has 0 saturated carbocycles. The fraction of sp³-hybridized carbons (Fsp3) is 0.727. The summed E-state index contributed by atoms with van der Waals surface area (Å²) in [6, 6.07) is 4.40. The molecule has 3 aliphatic heterocycles. The normalized spacial score (nSPS) is 29.7. The topological polar surface area (TPSA) is 126 Å². The predicted molar refractivity (Wildman–Crippen MR) is 162 cm³/mol. The number of ether oxygens (including phenoxy) is 3. The van der Waals surface area contributed by atoms with Crippen molar-refractivity contribution in [3.8, 4) is 17.2 Å². The van der Waals surface area contributed by atoms with Gasteiger partial charge in [0, 0.05) is 45.9 Å². The molecule has 0 aliphatic carbocycles. The monoisotopic (exact) mass is 601 g/mol. The lowest BCUT2D eigenvalue weighted by molar-refractivity contribution is -0.198. The van der Waals surface area contributed by atoms with E-state index in [0.717, 1.165) is 0 Å². The van der Waals surface area contributed by atoms with Crippen molar-refractivity contribution in [2.24, 2.45) is 17.8 Å². The van der Waals surface area contributed by atoms with Gasteiger partial charge in [0.2, 0.25) is 0 Å². The van der Waals surface area contributed by atoms with E-state index in [1.54, 1.807) is 13.8 Å². The molecule has 1 aromatic carbocycles. The molecule has 3 atom stereocenters. The molecule has 3 unspecified atom stereocenters. The third kappa shape index (κ3) is 6.77. The lowest BCUT2D eigenvalue weighted by Gasteiger charge is -2.35. The molecule has 0 bridgehead atoms. The van der Waals surface area contributed by atoms with Crippen molar-refractivity contribution in [2.45, 2.75) is 136 Å². The van der Waals surface area contributed by atoms with E-state index >= 15 is 0 Å². The molecule has 240 valence electrons. The first kappa shape index (κ1) is 33.4. The van der Waals surface area contributed by atoms with Crippen LogP contribution in [0.3, 0.4) is 0 Å². The Bertz CT molecular complexity index is 1230. The van der Waals surface area contributed by atoms with Crippen molar-refractivity contribution in [3.05, 3.63) is 18.2 Å². The van der Waals surface area contributed by atoms with Crippen LogP contribution in [0, 0.1) is 17.8 Å². The van der Waals surface area contributed by atoms with Gasteiger partial charge in [-0.1, -0.05) is 0 Å². The Kier molecular flexibility index (Phi) is 8.17. The van der Waals surface area contributed by atoms with Crippen molar-refractivity contribution in [1.82, 2.24) is 15.7 Å². The van der Waals surface area contributed by atoms with Crippen LogP contribution >= 0.6 is 0 Å². The first-order valence-corrected chi connectivity index (χ1v) is 15.2. The Labute approximate surface area is 256 Å². The van der Waals surface area contributed by atoms with Crippen LogP contribution in [-0.4, -0.2) is 61.4 Å². The van der Waals surface area contributed by atoms with E-state index in [0.29, 0.717) is 19.3 Å². The van der Waals surface area contributed by atoms with Gasteiger partial charge in [-0.3, -0.25) is 14.4 Å². The zero-order valence-electron chi connectivity index (χ0n) is 27.9. The Morgan fingerprint density at radius 1 is 0.628 bits per heavy atom. The minimum atomic E-state index is -0.873. The summed E-state index contributed by atoms with van der Waals surface area (Å²) in [5.74, 6) is -2.59. The second-order valence-corrected chi connectivity index (χ2v) is 16.4. The SMILES string of the molecule is CC1(C)CC(C(=O)Oc2cc(OC(=O)C3CC(C)(C)NC3(C)C)cc(OC(=O)C3CC(C)(C)N(O)C3(C)C)c2)C(C)(C)N1. The third-order valence-electron chi connectivity index (χ3n) is 9.53. The molecule has 10 nitrogen and oxygen atoms in total. The Balaban J connectivity index is 1.63. The van der Waals surface area contributed by atoms with Crippen molar-refractivity contribution in [2.75, 3.05) is 0 Å². The summed E-state index contributed by atoms with van der Waals surface area (Å²) in [6.45, 7) is 23.3. The van der Waals surface area contributed by atoms with Crippen LogP contribution in [0.1, 0.15) is 102 Å². The predicted octanol–water partition coefficient (Wildman–Crippen LogP) is 5.00. The van der Waals surface area contributed by atoms with Gasteiger partial charge in [-0.25, -0.2) is 0 Å². The zero-order chi connectivity index (χ0) is 32.6. The van der Waals surface area contributed by atoms with Gasteiger partial charge in [-0.15, -0.1) is 0 Å². The van der Waals surface area contributed by atoms with E-state index in [2.05, 4.69) is 10.6 Å². The quantitative estimate of drug-likeness (QED) is 0.303. The highest BCUT2D eigenvalue weighted by Gasteiger charge is 2.55. The average Bonchev–Trinajstić information content (AvgIpc) is 3.26. The maximum Gasteiger partial charge on any atom is 0.316 e. The third-order valence-corrected chi connectivity index (χ3v) is 9.53. The molecule has 0 aromatic heterocycles. The number of hydroxylamine groups is 2. The number of rotatable bonds is 6. The average molecular weight is 602 g/mol. The van der Waals surface area contributed by atoms with Crippen LogP contribution in [0.2, 0.25) is 0 Å². The summed E-state index contributed by atoms with van der Waals surface area (Å²) in [7, 11) is 0. The maximum absolute atomic E-state index is 13.5. The van der Waals surface area contributed by atoms with Gasteiger partial charge in [0.25, 0.3) is 0 Å². The molecular weight excluding hydrogens is 550 g/mol. The molecule has 1 aromatic rings. The van der Waals surface area contributed by atoms with Crippen LogP contribution in [0.15, 0.2) is 18.2 Å². The van der Waals surface area contributed by atoms with E-state index < -0.39 is 57.8 Å². The number of esters is 3. The lowest BCUT2D eigenvalue weighted by atomic mass is 9.87. The maximum atomic E-state index is 13.5. The second-order valence-electron chi connectivity index (χ2n) is 16.4. The first-order valence-electron chi connectivity index (χ1n) is 15.2. The number of hydrogen-bond acceptors (Lipinski definition) is 10. The standard InChI is InChI=1S/C33H51N3O7/c1-28(2)16-22(31(7,8)34-28)25(37)41-19-13-20(42-26(38)23-17-29(3,4)35-32(23,9)10)15-21(14-19)43-27(39)24-18-30(5,6)36(40)33(24,11)12/h13-15,22-24,34-35,40H,16-18H2,1-12H3. The number of hydrogen-bond donors (Lipinski definition) is 3. The summed E-state index contributed by atoms with van der Waals surface area (Å²) in [6.07, 6.45) is 1.54. The number of carbonyl (C=O) groups is 3. The Morgan fingerprint density at radius 2 is 0.953 bits per heavy atom. The fourth-order valence-corrected chi connectivity index (χ4v) is 7.73. The fourth-order valence-electron chi connectivity index (χ4n) is 7.73. The van der Waals surface area contributed by atoms with Crippen molar-refractivity contribution in [3.63, 3.8) is 0 Å². The molecule has 10 heteroatoms. The number of nitrogens with one attached hydrogen (secondary N) is 2. The van der Waals surface area contributed by atoms with Gasteiger partial charge < -0.3 is 30.1 Å². The first-order chi connectivity index (χ1) is 19.4. The van der Waals surface area contributed by atoms with E-state index in [1.165, 1.54) is 23.3 Å². The minimum Gasteiger partial charge on any atom is -0.426 e. The van der Waals surface area contributed by atoms with Gasteiger partial charge >= 0.3 is 17.9 Å². The number of carbonyl (C=O) groups excluding carboxylic acids is 3. The van der Waals surface area contributed by atoms with Gasteiger partial charge in [-0.2, -0.15) is 5.06 Å². The Morgan fingerprint density at radius 3 is 1.21 bits per heavy atom. The minimum absolute atomic E-state index is 0.0800. The molecule has 3 aliphatic rings. The van der Waals surface area contributed by atoms with E-state index in [4.69, 9.17) is 14.2 Å². The highest BCUT2D eigenvalue weighted by Crippen LogP contribution is 2.45. The van der Waals surface area contributed by atoms with Gasteiger partial charge in [0.15, 0.2) is 0 Å². The number of benzene rings is 1. The zero-order valence-corrected chi connectivity index (χ0v) is 27.9. The summed E-state index contributed by atoms with van der Waals surface area (Å²) in [5, 5.41) is 18.9. The lowest BCUT2D eigenvalue weighted by Crippen LogP contribution is -2.48. The molecule has 0 radical (unpaired) electrons. The molecule has 3 heterocycles. The molecule has 0 amide bonds. The summed E-state index contributed by atoms with van der Waals surface area (Å²) >= 11 is 0. The molecule has 0 spiro atoms. The Hall–Kier alpha value is -2.53. The largest absolute Gasteiger partial charge is 0.426 e. The smallest absolute Gasteiger partial charge is 0.316 e. The van der Waals surface area contributed by atoms with Crippen LogP contribution in [0.5, 0.6) is 17.2 Å². The van der Waals surface area contributed by atoms with Gasteiger partial charge in [-0.05, 0) is 102 Å². The van der Waals surface area contributed by atoms with Crippen molar-refractivity contribution in [1.29, 1.82) is 0 Å². The highest BCUT2D eigenvalue weighted by atomic mass is 16.6. The summed E-state index contributed by atoms with van der Waals surface area (Å²) in [4.78, 5) is 40.3. The number of nitrogens with zero attached hydrogens (tertiary/aromatic N) is 1. The highest BCUT2D eigenvalue weighted by molar-refractivity contribution is 5.80. The molecule has 3 fully saturated rings. The van der Waals surface area contributed by atoms with Crippen LogP contribution in [0.25, 0.3) is 0 Å². The molecule has 3 saturated heterocycles. The van der Waals surface area contributed by atoms with Crippen molar-refractivity contribution < 1.29 is 33.8 Å². The van der Waals surface area contributed by atoms with Gasteiger partial charge in [0.1, 0.15) is 17.2 Å². The molecule has 3 N–H and O–H groups in total. The van der Waals surface area contributed by atoms with E-state index in [-0.39, 0.29) is 28.3 Å². The van der Waals surface area contributed by atoms with Crippen LogP contribution in [0.4, 0.5) is 0 Å². The summed E-state index contributed by atoms with van der Waals surface area (Å²) in [5.41, 5.74) is -2.98. The van der Waals surface area contributed by atoms with Gasteiger partial charge in [0.05, 0.1) is 23.3 Å². The second kappa shape index (κ2) is 10.5. The summed E-state index contributed by atoms with van der Waals surface area (Å²) < 4.78 is 17.6. The van der Waals surface area contributed by atoms with Crippen LogP contribution in [-0.2, 0) is 14.4 Å². The van der Waals surface area contributed by atoms with Crippen molar-refractivity contribution >= 4 is 17.9 Å². The van der Waals surface area contributed by atoms with Crippen LogP contribution < -0.4 is 24.8 Å².